The summed E-state index contributed by atoms with van der Waals surface area (Å²) in [6, 6.07) is 11.4. The van der Waals surface area contributed by atoms with Crippen molar-refractivity contribution in [3.63, 3.8) is 0 Å². The third kappa shape index (κ3) is 5.15. The molecule has 0 unspecified atom stereocenters. The molecule has 1 aromatic carbocycles. The van der Waals surface area contributed by atoms with E-state index in [2.05, 4.69) is 25.6 Å². The maximum atomic E-state index is 12.9. The van der Waals surface area contributed by atoms with Crippen LogP contribution in [-0.2, 0) is 10.0 Å². The Labute approximate surface area is 168 Å². The molecule has 2 heterocycles. The van der Waals surface area contributed by atoms with Crippen molar-refractivity contribution in [2.24, 2.45) is 0 Å². The van der Waals surface area contributed by atoms with Gasteiger partial charge in [-0.15, -0.1) is 0 Å². The highest BCUT2D eigenvalue weighted by atomic mass is 79.9. The van der Waals surface area contributed by atoms with Gasteiger partial charge >= 0.3 is 0 Å². The molecule has 1 amide bonds. The standard InChI is InChI=1S/C19H22BrN3O3S/c1-13-17(6-7-18(21-13)14-4-3-5-15(20)12-14)19(24)23-10-8-16(9-11-23)22-27(2,25)26/h3-7,12,16,22H,8-11H2,1-2H3. The molecular weight excluding hydrogens is 430 g/mol. The largest absolute Gasteiger partial charge is 0.338 e. The average molecular weight is 452 g/mol. The third-order valence-corrected chi connectivity index (χ3v) is 5.85. The first-order chi connectivity index (χ1) is 12.7. The zero-order chi connectivity index (χ0) is 19.6. The summed E-state index contributed by atoms with van der Waals surface area (Å²) >= 11 is 3.46. The summed E-state index contributed by atoms with van der Waals surface area (Å²) in [5.41, 5.74) is 3.08. The quantitative estimate of drug-likeness (QED) is 0.774. The van der Waals surface area contributed by atoms with Crippen molar-refractivity contribution in [1.29, 1.82) is 0 Å². The molecule has 3 rings (SSSR count). The van der Waals surface area contributed by atoms with Gasteiger partial charge in [0.25, 0.3) is 5.91 Å². The number of nitrogens with zero attached hydrogens (tertiary/aromatic N) is 2. The molecule has 0 bridgehead atoms. The number of pyridine rings is 1. The fourth-order valence-electron chi connectivity index (χ4n) is 3.27. The molecule has 0 radical (unpaired) electrons. The van der Waals surface area contributed by atoms with Crippen molar-refractivity contribution in [3.05, 3.63) is 52.1 Å². The second-order valence-corrected chi connectivity index (χ2v) is 9.49. The zero-order valence-electron chi connectivity index (χ0n) is 15.3. The number of likely N-dealkylation sites (tertiary alicyclic amines) is 1. The monoisotopic (exact) mass is 451 g/mol. The van der Waals surface area contributed by atoms with Crippen LogP contribution in [0.5, 0.6) is 0 Å². The van der Waals surface area contributed by atoms with E-state index in [9.17, 15) is 13.2 Å². The van der Waals surface area contributed by atoms with Crippen LogP contribution in [0.3, 0.4) is 0 Å². The number of halogens is 1. The number of sulfonamides is 1. The minimum atomic E-state index is -3.22. The zero-order valence-corrected chi connectivity index (χ0v) is 17.7. The number of aryl methyl sites for hydroxylation is 1. The van der Waals surface area contributed by atoms with Crippen LogP contribution in [0.2, 0.25) is 0 Å². The molecule has 1 saturated heterocycles. The van der Waals surface area contributed by atoms with Crippen LogP contribution in [0.15, 0.2) is 40.9 Å². The van der Waals surface area contributed by atoms with E-state index in [-0.39, 0.29) is 11.9 Å². The Morgan fingerprint density at radius 3 is 2.52 bits per heavy atom. The molecule has 1 aliphatic heterocycles. The summed E-state index contributed by atoms with van der Waals surface area (Å²) in [6.07, 6.45) is 2.38. The normalized spacial score (nSPS) is 15.7. The Balaban J connectivity index is 1.71. The van der Waals surface area contributed by atoms with Crippen LogP contribution in [0.1, 0.15) is 28.9 Å². The number of piperidine rings is 1. The molecule has 8 heteroatoms. The Bertz CT molecular complexity index is 954. The first-order valence-electron chi connectivity index (χ1n) is 8.73. The summed E-state index contributed by atoms with van der Waals surface area (Å²) in [5, 5.41) is 0. The minimum Gasteiger partial charge on any atom is -0.338 e. The number of rotatable bonds is 4. The molecule has 6 nitrogen and oxygen atoms in total. The summed E-state index contributed by atoms with van der Waals surface area (Å²) in [5.74, 6) is -0.0569. The molecule has 144 valence electrons. The number of aromatic nitrogens is 1. The van der Waals surface area contributed by atoms with Gasteiger partial charge in [0.1, 0.15) is 0 Å². The minimum absolute atomic E-state index is 0.0569. The van der Waals surface area contributed by atoms with Crippen LogP contribution in [0.4, 0.5) is 0 Å². The first-order valence-corrected chi connectivity index (χ1v) is 11.4. The topological polar surface area (TPSA) is 79.4 Å². The lowest BCUT2D eigenvalue weighted by Gasteiger charge is -2.32. The number of amides is 1. The SMILES string of the molecule is Cc1nc(-c2cccc(Br)c2)ccc1C(=O)N1CCC(NS(C)(=O)=O)CC1. The second-order valence-electron chi connectivity index (χ2n) is 6.80. The number of benzene rings is 1. The molecule has 0 aliphatic carbocycles. The van der Waals surface area contributed by atoms with E-state index in [0.717, 1.165) is 22.0 Å². The maximum absolute atomic E-state index is 12.9. The van der Waals surface area contributed by atoms with E-state index in [1.54, 1.807) is 4.90 Å². The van der Waals surface area contributed by atoms with E-state index in [0.29, 0.717) is 37.2 Å². The molecule has 2 aromatic rings. The predicted molar refractivity (Wildman–Crippen MR) is 109 cm³/mol. The van der Waals surface area contributed by atoms with Crippen LogP contribution >= 0.6 is 15.9 Å². The molecule has 1 N–H and O–H groups in total. The second kappa shape index (κ2) is 8.08. The summed E-state index contributed by atoms with van der Waals surface area (Å²) in [4.78, 5) is 19.2. The fourth-order valence-corrected chi connectivity index (χ4v) is 4.51. The van der Waals surface area contributed by atoms with Crippen LogP contribution in [0, 0.1) is 6.92 Å². The third-order valence-electron chi connectivity index (χ3n) is 4.60. The molecule has 0 saturated carbocycles. The predicted octanol–water partition coefficient (Wildman–Crippen LogP) is 2.97. The first kappa shape index (κ1) is 20.0. The maximum Gasteiger partial charge on any atom is 0.255 e. The fraction of sp³-hybridized carbons (Fsp3) is 0.368. The Kier molecular flexibility index (Phi) is 5.98. The van der Waals surface area contributed by atoms with Gasteiger partial charge in [-0.2, -0.15) is 0 Å². The van der Waals surface area contributed by atoms with E-state index in [1.165, 1.54) is 0 Å². The number of carbonyl (C=O) groups excluding carboxylic acids is 1. The summed E-state index contributed by atoms with van der Waals surface area (Å²) < 4.78 is 26.3. The molecule has 0 spiro atoms. The van der Waals surface area contributed by atoms with Crippen molar-refractivity contribution >= 4 is 31.9 Å². The van der Waals surface area contributed by atoms with Gasteiger partial charge < -0.3 is 4.90 Å². The summed E-state index contributed by atoms with van der Waals surface area (Å²) in [6.45, 7) is 2.89. The van der Waals surface area contributed by atoms with Crippen molar-refractivity contribution in [2.45, 2.75) is 25.8 Å². The van der Waals surface area contributed by atoms with E-state index < -0.39 is 10.0 Å². The highest BCUT2D eigenvalue weighted by molar-refractivity contribution is 9.10. The Hall–Kier alpha value is -1.77. The number of hydrogen-bond donors (Lipinski definition) is 1. The number of carbonyl (C=O) groups is 1. The lowest BCUT2D eigenvalue weighted by atomic mass is 10.0. The smallest absolute Gasteiger partial charge is 0.255 e. The van der Waals surface area contributed by atoms with Crippen molar-refractivity contribution in [3.8, 4) is 11.3 Å². The molecule has 1 aliphatic rings. The highest BCUT2D eigenvalue weighted by Gasteiger charge is 2.26. The van der Waals surface area contributed by atoms with Crippen LogP contribution < -0.4 is 4.72 Å². The van der Waals surface area contributed by atoms with Gasteiger partial charge in [0, 0.05) is 29.2 Å². The molecule has 0 atom stereocenters. The van der Waals surface area contributed by atoms with Crippen molar-refractivity contribution in [2.75, 3.05) is 19.3 Å². The summed E-state index contributed by atoms with van der Waals surface area (Å²) in [7, 11) is -3.22. The van der Waals surface area contributed by atoms with Gasteiger partial charge in [-0.3, -0.25) is 9.78 Å². The van der Waals surface area contributed by atoms with Gasteiger partial charge in [0.15, 0.2) is 0 Å². The van der Waals surface area contributed by atoms with Crippen molar-refractivity contribution < 1.29 is 13.2 Å². The molecular formula is C19H22BrN3O3S. The number of hydrogen-bond acceptors (Lipinski definition) is 4. The highest BCUT2D eigenvalue weighted by Crippen LogP contribution is 2.23. The lowest BCUT2D eigenvalue weighted by Crippen LogP contribution is -2.46. The van der Waals surface area contributed by atoms with Gasteiger partial charge in [0.05, 0.1) is 23.2 Å². The number of nitrogens with one attached hydrogen (secondary N) is 1. The Morgan fingerprint density at radius 1 is 1.22 bits per heavy atom. The van der Waals surface area contributed by atoms with Crippen LogP contribution in [0.25, 0.3) is 11.3 Å². The van der Waals surface area contributed by atoms with Crippen LogP contribution in [-0.4, -0.2) is 49.6 Å². The van der Waals surface area contributed by atoms with Gasteiger partial charge in [-0.05, 0) is 44.0 Å². The lowest BCUT2D eigenvalue weighted by molar-refractivity contribution is 0.0710. The van der Waals surface area contributed by atoms with E-state index >= 15 is 0 Å². The molecule has 27 heavy (non-hydrogen) atoms. The van der Waals surface area contributed by atoms with Gasteiger partial charge in [0.2, 0.25) is 10.0 Å². The van der Waals surface area contributed by atoms with Gasteiger partial charge in [-0.25, -0.2) is 13.1 Å². The molecule has 1 aromatic heterocycles. The van der Waals surface area contributed by atoms with Crippen molar-refractivity contribution in [1.82, 2.24) is 14.6 Å². The average Bonchev–Trinajstić information content (AvgIpc) is 2.60. The van der Waals surface area contributed by atoms with Gasteiger partial charge in [-0.1, -0.05) is 28.1 Å². The van der Waals surface area contributed by atoms with E-state index in [1.807, 2.05) is 43.3 Å². The van der Waals surface area contributed by atoms with E-state index in [4.69, 9.17) is 0 Å². The molecule has 1 fully saturated rings. The Morgan fingerprint density at radius 2 is 1.93 bits per heavy atom.